The van der Waals surface area contributed by atoms with Crippen LogP contribution in [-0.2, 0) is 0 Å². The van der Waals surface area contributed by atoms with Gasteiger partial charge in [-0.15, -0.1) is 0 Å². The minimum Gasteiger partial charge on any atom is -0.497 e. The molecule has 0 aromatic heterocycles. The maximum Gasteiger partial charge on any atom is 0.257 e. The number of aryl methyl sites for hydroxylation is 1. The molecular formula is C18H19N3O3. The highest BCUT2D eigenvalue weighted by molar-refractivity contribution is 5.53. The van der Waals surface area contributed by atoms with Gasteiger partial charge < -0.3 is 15.4 Å². The minimum absolute atomic E-state index is 0.352. The summed E-state index contributed by atoms with van der Waals surface area (Å²) < 4.78 is 5.09. The molecule has 0 aliphatic rings. The molecule has 2 rings (SSSR count). The summed E-state index contributed by atoms with van der Waals surface area (Å²) in [5.74, 6) is 0.719. The summed E-state index contributed by atoms with van der Waals surface area (Å²) in [6.45, 7) is 2.01. The Balaban J connectivity index is 2.05. The topological polar surface area (TPSA) is 76.4 Å². The third-order valence-electron chi connectivity index (χ3n) is 3.19. The zero-order valence-corrected chi connectivity index (χ0v) is 13.5. The largest absolute Gasteiger partial charge is 0.497 e. The Morgan fingerprint density at radius 3 is 2.29 bits per heavy atom. The highest BCUT2D eigenvalue weighted by atomic mass is 16.6. The van der Waals surface area contributed by atoms with Crippen LogP contribution in [0.5, 0.6) is 5.75 Å². The lowest BCUT2D eigenvalue weighted by Crippen LogP contribution is -2.01. The fourth-order valence-corrected chi connectivity index (χ4v) is 1.95. The second-order valence-electron chi connectivity index (χ2n) is 5.07. The van der Waals surface area contributed by atoms with Crippen LogP contribution in [0, 0.1) is 17.0 Å². The first-order valence-electron chi connectivity index (χ1n) is 7.33. The number of methoxy groups -OCH3 is 1. The quantitative estimate of drug-likeness (QED) is 0.454. The van der Waals surface area contributed by atoms with E-state index in [0.29, 0.717) is 5.70 Å². The van der Waals surface area contributed by atoms with Crippen molar-refractivity contribution in [2.45, 2.75) is 6.92 Å². The van der Waals surface area contributed by atoms with Gasteiger partial charge in [-0.2, -0.15) is 0 Å². The maximum atomic E-state index is 10.8. The molecule has 0 bridgehead atoms. The summed E-state index contributed by atoms with van der Waals surface area (Å²) in [7, 11) is 1.58. The summed E-state index contributed by atoms with van der Waals surface area (Å²) in [4.78, 5) is 10.3. The second-order valence-corrected chi connectivity index (χ2v) is 5.07. The normalized spacial score (nSPS) is 11.3. The summed E-state index contributed by atoms with van der Waals surface area (Å²) in [5.41, 5.74) is 3.15. The lowest BCUT2D eigenvalue weighted by molar-refractivity contribution is -0.403. The molecule has 0 atom stereocenters. The van der Waals surface area contributed by atoms with Crippen LogP contribution in [0.3, 0.4) is 0 Å². The van der Waals surface area contributed by atoms with E-state index in [0.717, 1.165) is 23.3 Å². The lowest BCUT2D eigenvalue weighted by atomic mass is 10.2. The molecular weight excluding hydrogens is 306 g/mol. The molecule has 6 nitrogen and oxygen atoms in total. The summed E-state index contributed by atoms with van der Waals surface area (Å²) in [6, 6.07) is 15.0. The summed E-state index contributed by atoms with van der Waals surface area (Å²) in [5, 5.41) is 16.9. The molecule has 0 fully saturated rings. The van der Waals surface area contributed by atoms with Crippen molar-refractivity contribution in [1.29, 1.82) is 0 Å². The molecule has 0 spiro atoms. The Hall–Kier alpha value is -3.28. The van der Waals surface area contributed by atoms with Gasteiger partial charge in [0.2, 0.25) is 0 Å². The van der Waals surface area contributed by atoms with Crippen LogP contribution in [0.4, 0.5) is 11.4 Å². The van der Waals surface area contributed by atoms with Gasteiger partial charge in [-0.25, -0.2) is 0 Å². The predicted octanol–water partition coefficient (Wildman–Crippen LogP) is 4.16. The SMILES string of the molecule is COc1ccc(NC(=C\[N+](=O)[O-])/C=C/Nc2ccc(C)cc2)cc1. The molecule has 0 heterocycles. The molecule has 2 aromatic carbocycles. The van der Waals surface area contributed by atoms with Gasteiger partial charge in [0.1, 0.15) is 11.4 Å². The fourth-order valence-electron chi connectivity index (χ4n) is 1.95. The maximum absolute atomic E-state index is 10.8. The van der Waals surface area contributed by atoms with Gasteiger partial charge in [-0.05, 0) is 49.4 Å². The number of nitrogens with one attached hydrogen (secondary N) is 2. The van der Waals surface area contributed by atoms with Gasteiger partial charge >= 0.3 is 0 Å². The smallest absolute Gasteiger partial charge is 0.257 e. The van der Waals surface area contributed by atoms with E-state index in [1.807, 2.05) is 31.2 Å². The van der Waals surface area contributed by atoms with Crippen molar-refractivity contribution < 1.29 is 9.66 Å². The molecule has 0 saturated heterocycles. The molecule has 0 amide bonds. The molecule has 2 N–H and O–H groups in total. The Kier molecular flexibility index (Phi) is 5.96. The van der Waals surface area contributed by atoms with Crippen molar-refractivity contribution in [3.8, 4) is 5.75 Å². The Morgan fingerprint density at radius 2 is 1.71 bits per heavy atom. The van der Waals surface area contributed by atoms with Crippen LogP contribution in [0.2, 0.25) is 0 Å². The lowest BCUT2D eigenvalue weighted by Gasteiger charge is -2.07. The highest BCUT2D eigenvalue weighted by Gasteiger charge is 2.01. The first kappa shape index (κ1) is 17.1. The molecule has 124 valence electrons. The van der Waals surface area contributed by atoms with Crippen LogP contribution in [0.1, 0.15) is 5.56 Å². The Labute approximate surface area is 140 Å². The molecule has 2 aromatic rings. The monoisotopic (exact) mass is 325 g/mol. The predicted molar refractivity (Wildman–Crippen MR) is 95.6 cm³/mol. The van der Waals surface area contributed by atoms with Crippen molar-refractivity contribution >= 4 is 11.4 Å². The Morgan fingerprint density at radius 1 is 1.08 bits per heavy atom. The van der Waals surface area contributed by atoms with Gasteiger partial charge in [0, 0.05) is 17.6 Å². The number of ether oxygens (including phenoxy) is 1. The third-order valence-corrected chi connectivity index (χ3v) is 3.19. The fraction of sp³-hybridized carbons (Fsp3) is 0.111. The van der Waals surface area contributed by atoms with Crippen LogP contribution >= 0.6 is 0 Å². The van der Waals surface area contributed by atoms with Crippen molar-refractivity contribution in [2.24, 2.45) is 0 Å². The standard InChI is InChI=1S/C18H19N3O3/c1-14-3-5-15(6-4-14)19-12-11-17(13-21(22)23)20-16-7-9-18(24-2)10-8-16/h3-13,19-20H,1-2H3/b12-11+,17-13-. The van der Waals surface area contributed by atoms with E-state index in [9.17, 15) is 10.1 Å². The number of rotatable bonds is 7. The van der Waals surface area contributed by atoms with Gasteiger partial charge in [0.25, 0.3) is 6.20 Å². The number of anilines is 2. The van der Waals surface area contributed by atoms with Gasteiger partial charge in [0.05, 0.1) is 12.0 Å². The van der Waals surface area contributed by atoms with E-state index in [-0.39, 0.29) is 0 Å². The molecule has 0 aliphatic heterocycles. The molecule has 0 radical (unpaired) electrons. The van der Waals surface area contributed by atoms with E-state index in [4.69, 9.17) is 4.74 Å². The van der Waals surface area contributed by atoms with Crippen LogP contribution in [-0.4, -0.2) is 12.0 Å². The van der Waals surface area contributed by atoms with Crippen molar-refractivity contribution in [2.75, 3.05) is 17.7 Å². The number of hydrogen-bond acceptors (Lipinski definition) is 5. The van der Waals surface area contributed by atoms with Crippen molar-refractivity contribution in [1.82, 2.24) is 0 Å². The van der Waals surface area contributed by atoms with Crippen LogP contribution < -0.4 is 15.4 Å². The first-order valence-corrected chi connectivity index (χ1v) is 7.33. The van der Waals surface area contributed by atoms with Crippen LogP contribution in [0.25, 0.3) is 0 Å². The van der Waals surface area contributed by atoms with E-state index in [2.05, 4.69) is 10.6 Å². The first-order chi connectivity index (χ1) is 11.6. The number of benzene rings is 2. The van der Waals surface area contributed by atoms with E-state index >= 15 is 0 Å². The van der Waals surface area contributed by atoms with E-state index < -0.39 is 4.92 Å². The van der Waals surface area contributed by atoms with Gasteiger partial charge in [-0.1, -0.05) is 17.7 Å². The van der Waals surface area contributed by atoms with Crippen molar-refractivity contribution in [3.05, 3.63) is 88.4 Å². The van der Waals surface area contributed by atoms with Gasteiger partial charge in [-0.3, -0.25) is 10.1 Å². The molecule has 0 unspecified atom stereocenters. The van der Waals surface area contributed by atoms with Gasteiger partial charge in [0.15, 0.2) is 0 Å². The van der Waals surface area contributed by atoms with E-state index in [1.165, 1.54) is 5.56 Å². The summed E-state index contributed by atoms with van der Waals surface area (Å²) >= 11 is 0. The third kappa shape index (κ3) is 5.49. The van der Waals surface area contributed by atoms with Crippen LogP contribution in [0.15, 0.2) is 72.7 Å². The zero-order valence-electron chi connectivity index (χ0n) is 13.5. The molecule has 0 saturated carbocycles. The van der Waals surface area contributed by atoms with Crippen molar-refractivity contribution in [3.63, 3.8) is 0 Å². The zero-order chi connectivity index (χ0) is 17.4. The number of nitrogens with zero attached hydrogens (tertiary/aromatic N) is 1. The number of allylic oxidation sites excluding steroid dienone is 1. The van der Waals surface area contributed by atoms with E-state index in [1.54, 1.807) is 43.7 Å². The summed E-state index contributed by atoms with van der Waals surface area (Å²) in [6.07, 6.45) is 4.17. The molecule has 6 heteroatoms. The molecule has 0 aliphatic carbocycles. The number of nitro groups is 1. The second kappa shape index (κ2) is 8.38. The molecule has 24 heavy (non-hydrogen) atoms. The minimum atomic E-state index is -0.498. The Bertz CT molecular complexity index is 735. The number of hydrogen-bond donors (Lipinski definition) is 2. The average Bonchev–Trinajstić information content (AvgIpc) is 2.57. The average molecular weight is 325 g/mol. The highest BCUT2D eigenvalue weighted by Crippen LogP contribution is 2.17.